The Kier molecular flexibility index (Phi) is 5.59. The maximum Gasteiger partial charge on any atom is 0.255 e. The Morgan fingerprint density at radius 2 is 2.00 bits per heavy atom. The van der Waals surface area contributed by atoms with Gasteiger partial charge in [0.2, 0.25) is 0 Å². The number of aromatic nitrogens is 4. The first kappa shape index (κ1) is 20.6. The fourth-order valence-electron chi connectivity index (χ4n) is 4.82. The standard InChI is InChI=1S/C24H26F2N6/c25-21(26)13-28-22-8-6-17-5-3-16(12-20(17)31-22)2-1-15-4-7-18(11-15)32-10-9-19-23(27)29-14-30-24(19)32/h3,5-6,8-10,12,14-15,18,21H,1-2,4,7,11,13H2,(H,28,31)(H2,27,29,30). The molecule has 1 aliphatic carbocycles. The number of benzene rings is 1. The molecule has 1 saturated carbocycles. The first-order chi connectivity index (χ1) is 15.6. The van der Waals surface area contributed by atoms with Gasteiger partial charge in [-0.3, -0.25) is 0 Å². The quantitative estimate of drug-likeness (QED) is 0.415. The first-order valence-corrected chi connectivity index (χ1v) is 11.1. The highest BCUT2D eigenvalue weighted by Crippen LogP contribution is 2.39. The Balaban J connectivity index is 1.23. The summed E-state index contributed by atoms with van der Waals surface area (Å²) in [6.07, 6.45) is 6.76. The van der Waals surface area contributed by atoms with Crippen LogP contribution in [0.3, 0.4) is 0 Å². The summed E-state index contributed by atoms with van der Waals surface area (Å²) in [6, 6.07) is 12.4. The van der Waals surface area contributed by atoms with Gasteiger partial charge >= 0.3 is 0 Å². The van der Waals surface area contributed by atoms with Crippen LogP contribution in [0.4, 0.5) is 20.4 Å². The lowest BCUT2D eigenvalue weighted by molar-refractivity contribution is 0.163. The van der Waals surface area contributed by atoms with Crippen molar-refractivity contribution < 1.29 is 8.78 Å². The molecule has 0 aliphatic heterocycles. The zero-order valence-electron chi connectivity index (χ0n) is 17.7. The highest BCUT2D eigenvalue weighted by atomic mass is 19.3. The Morgan fingerprint density at radius 1 is 1.12 bits per heavy atom. The number of anilines is 2. The van der Waals surface area contributed by atoms with E-state index in [0.717, 1.165) is 47.6 Å². The highest BCUT2D eigenvalue weighted by molar-refractivity contribution is 5.86. The van der Waals surface area contributed by atoms with E-state index in [9.17, 15) is 8.78 Å². The SMILES string of the molecule is Nc1ncnc2c1ccn2C1CCC(CCc2ccc3ccc(NCC(F)F)nc3c2)C1. The zero-order valence-corrected chi connectivity index (χ0v) is 17.7. The lowest BCUT2D eigenvalue weighted by Crippen LogP contribution is -2.11. The summed E-state index contributed by atoms with van der Waals surface area (Å²) >= 11 is 0. The molecule has 32 heavy (non-hydrogen) atoms. The molecule has 0 saturated heterocycles. The summed E-state index contributed by atoms with van der Waals surface area (Å²) in [5.41, 5.74) is 8.96. The molecule has 3 N–H and O–H groups in total. The molecule has 2 unspecified atom stereocenters. The van der Waals surface area contributed by atoms with Crippen molar-refractivity contribution in [2.45, 2.75) is 44.6 Å². The molecular formula is C24H26F2N6. The highest BCUT2D eigenvalue weighted by Gasteiger charge is 2.27. The average molecular weight is 437 g/mol. The number of fused-ring (bicyclic) bond motifs is 2. The van der Waals surface area contributed by atoms with E-state index in [0.29, 0.717) is 23.6 Å². The van der Waals surface area contributed by atoms with E-state index in [1.54, 1.807) is 6.07 Å². The Labute approximate surface area is 184 Å². The summed E-state index contributed by atoms with van der Waals surface area (Å²) in [5, 5.41) is 4.62. The summed E-state index contributed by atoms with van der Waals surface area (Å²) in [7, 11) is 0. The van der Waals surface area contributed by atoms with Gasteiger partial charge in [0.05, 0.1) is 17.4 Å². The minimum Gasteiger partial charge on any atom is -0.383 e. The van der Waals surface area contributed by atoms with Crippen molar-refractivity contribution >= 4 is 33.6 Å². The summed E-state index contributed by atoms with van der Waals surface area (Å²) in [5.74, 6) is 1.66. The topological polar surface area (TPSA) is 81.6 Å². The van der Waals surface area contributed by atoms with E-state index in [4.69, 9.17) is 5.73 Å². The molecule has 3 aromatic heterocycles. The molecule has 1 aromatic carbocycles. The third-order valence-electron chi connectivity index (χ3n) is 6.48. The Morgan fingerprint density at radius 3 is 2.88 bits per heavy atom. The van der Waals surface area contributed by atoms with E-state index in [1.807, 2.05) is 12.1 Å². The van der Waals surface area contributed by atoms with Crippen LogP contribution in [0.2, 0.25) is 0 Å². The van der Waals surface area contributed by atoms with Gasteiger partial charge in [-0.25, -0.2) is 23.7 Å². The molecule has 0 bridgehead atoms. The predicted octanol–water partition coefficient (Wildman–Crippen LogP) is 5.21. The maximum absolute atomic E-state index is 12.5. The summed E-state index contributed by atoms with van der Waals surface area (Å²) in [4.78, 5) is 13.0. The molecule has 0 radical (unpaired) electrons. The van der Waals surface area contributed by atoms with Gasteiger partial charge in [-0.1, -0.05) is 12.1 Å². The van der Waals surface area contributed by atoms with Gasteiger partial charge in [0, 0.05) is 17.6 Å². The smallest absolute Gasteiger partial charge is 0.255 e. The number of nitrogens with one attached hydrogen (secondary N) is 1. The lowest BCUT2D eigenvalue weighted by Gasteiger charge is -2.14. The van der Waals surface area contributed by atoms with Crippen LogP contribution in [0, 0.1) is 5.92 Å². The molecule has 6 nitrogen and oxygen atoms in total. The van der Waals surface area contributed by atoms with E-state index in [-0.39, 0.29) is 0 Å². The maximum atomic E-state index is 12.5. The summed E-state index contributed by atoms with van der Waals surface area (Å²) in [6.45, 7) is -0.393. The molecule has 3 heterocycles. The minimum atomic E-state index is -2.40. The van der Waals surface area contributed by atoms with E-state index >= 15 is 0 Å². The second-order valence-corrected chi connectivity index (χ2v) is 8.59. The van der Waals surface area contributed by atoms with Gasteiger partial charge in [0.15, 0.2) is 0 Å². The fourth-order valence-corrected chi connectivity index (χ4v) is 4.82. The number of aryl methyl sites for hydroxylation is 1. The van der Waals surface area contributed by atoms with Crippen LogP contribution >= 0.6 is 0 Å². The number of alkyl halides is 2. The zero-order chi connectivity index (χ0) is 22.1. The van der Waals surface area contributed by atoms with Gasteiger partial charge in [-0.2, -0.15) is 0 Å². The first-order valence-electron chi connectivity index (χ1n) is 11.1. The lowest BCUT2D eigenvalue weighted by atomic mass is 9.97. The van der Waals surface area contributed by atoms with Crippen molar-refractivity contribution in [3.8, 4) is 0 Å². The number of hydrogen-bond acceptors (Lipinski definition) is 5. The number of hydrogen-bond donors (Lipinski definition) is 2. The minimum absolute atomic E-state index is 0.393. The van der Waals surface area contributed by atoms with E-state index in [2.05, 4.69) is 49.2 Å². The Bertz CT molecular complexity index is 1240. The second kappa shape index (κ2) is 8.68. The van der Waals surface area contributed by atoms with Crippen molar-refractivity contribution in [1.29, 1.82) is 0 Å². The normalized spacial score (nSPS) is 18.7. The van der Waals surface area contributed by atoms with Crippen LogP contribution in [0.25, 0.3) is 21.9 Å². The van der Waals surface area contributed by atoms with Crippen molar-refractivity contribution in [2.24, 2.45) is 5.92 Å². The molecule has 1 fully saturated rings. The summed E-state index contributed by atoms with van der Waals surface area (Å²) < 4.78 is 27.2. The third kappa shape index (κ3) is 4.22. The molecule has 166 valence electrons. The number of rotatable bonds is 7. The monoisotopic (exact) mass is 436 g/mol. The van der Waals surface area contributed by atoms with Crippen LogP contribution < -0.4 is 11.1 Å². The Hall–Kier alpha value is -3.29. The van der Waals surface area contributed by atoms with E-state index in [1.165, 1.54) is 18.3 Å². The van der Waals surface area contributed by atoms with Crippen LogP contribution in [-0.2, 0) is 6.42 Å². The van der Waals surface area contributed by atoms with Crippen LogP contribution in [0.1, 0.15) is 37.3 Å². The molecule has 8 heteroatoms. The average Bonchev–Trinajstić information content (AvgIpc) is 3.43. The molecule has 2 atom stereocenters. The largest absolute Gasteiger partial charge is 0.383 e. The number of nitrogen functional groups attached to an aromatic ring is 1. The molecular weight excluding hydrogens is 410 g/mol. The molecule has 0 spiro atoms. The third-order valence-corrected chi connectivity index (χ3v) is 6.48. The number of pyridine rings is 1. The van der Waals surface area contributed by atoms with E-state index < -0.39 is 13.0 Å². The van der Waals surface area contributed by atoms with Crippen LogP contribution in [0.15, 0.2) is 48.9 Å². The van der Waals surface area contributed by atoms with Gasteiger partial charge in [0.1, 0.15) is 23.6 Å². The van der Waals surface area contributed by atoms with Crippen molar-refractivity contribution in [3.63, 3.8) is 0 Å². The van der Waals surface area contributed by atoms with Crippen LogP contribution in [-0.4, -0.2) is 32.5 Å². The second-order valence-electron chi connectivity index (χ2n) is 8.59. The van der Waals surface area contributed by atoms with Crippen molar-refractivity contribution in [2.75, 3.05) is 17.6 Å². The van der Waals surface area contributed by atoms with Crippen molar-refractivity contribution in [1.82, 2.24) is 19.5 Å². The molecule has 4 aromatic rings. The van der Waals surface area contributed by atoms with Crippen LogP contribution in [0.5, 0.6) is 0 Å². The fraction of sp³-hybridized carbons (Fsp3) is 0.375. The van der Waals surface area contributed by atoms with Gasteiger partial charge in [0.25, 0.3) is 6.43 Å². The molecule has 5 rings (SSSR count). The number of nitrogens with two attached hydrogens (primary N) is 1. The number of halogens is 2. The molecule has 1 aliphatic rings. The predicted molar refractivity (Wildman–Crippen MR) is 123 cm³/mol. The van der Waals surface area contributed by atoms with Gasteiger partial charge in [-0.05, 0) is 67.9 Å². The van der Waals surface area contributed by atoms with Gasteiger partial charge < -0.3 is 15.6 Å². The van der Waals surface area contributed by atoms with Gasteiger partial charge in [-0.15, -0.1) is 0 Å². The molecule has 0 amide bonds. The number of nitrogens with zero attached hydrogens (tertiary/aromatic N) is 4. The van der Waals surface area contributed by atoms with Crippen molar-refractivity contribution in [3.05, 3.63) is 54.5 Å².